The van der Waals surface area contributed by atoms with Crippen LogP contribution in [0.4, 0.5) is 5.69 Å². The number of carbonyl (C=O) groups excluding carboxylic acids is 2. The number of hydrogen-bond acceptors (Lipinski definition) is 4. The average Bonchev–Trinajstić information content (AvgIpc) is 2.55. The predicted molar refractivity (Wildman–Crippen MR) is 107 cm³/mol. The molecule has 0 aliphatic carbocycles. The minimum absolute atomic E-state index is 0.00951. The van der Waals surface area contributed by atoms with Crippen LogP contribution in [0.2, 0.25) is 0 Å². The van der Waals surface area contributed by atoms with E-state index in [9.17, 15) is 18.4 Å². The second-order valence-electron chi connectivity index (χ2n) is 6.97. The maximum atomic E-state index is 11.5. The number of phenolic OH excluding ortho intramolecular Hbond substituents is 1. The van der Waals surface area contributed by atoms with E-state index in [1.807, 2.05) is 39.0 Å². The second kappa shape index (κ2) is 9.59. The number of phenols is 1. The molecule has 0 bridgehead atoms. The maximum Gasteiger partial charge on any atom is 0.251 e. The first kappa shape index (κ1) is 23.5. The fraction of sp³-hybridized carbons (Fsp3) is 0.263. The van der Waals surface area contributed by atoms with Crippen LogP contribution in [-0.2, 0) is 8.53 Å². The minimum Gasteiger partial charge on any atom is -0.347 e. The van der Waals surface area contributed by atoms with E-state index in [1.54, 1.807) is 12.1 Å². The molecule has 0 fully saturated rings. The zero-order valence-corrected chi connectivity index (χ0v) is 18.0. The standard InChI is InChI=1S/C11H15NO.C8H10AsNO5/c1-11(2,3)12-10(13)9-7-5-4-6-8-9;1-5(11)10-7-4-2-3-6(8(7)12)9(13,14)15/h4-8H,1-3H3,(H,12,13);2-4,12H,1H3,(H,10,11)(H2,13,14,15). The van der Waals surface area contributed by atoms with Gasteiger partial charge in [-0.15, -0.1) is 0 Å². The number of benzene rings is 2. The van der Waals surface area contributed by atoms with Gasteiger partial charge in [0, 0.05) is 11.1 Å². The van der Waals surface area contributed by atoms with E-state index in [-0.39, 0.29) is 17.1 Å². The number of nitrogens with one attached hydrogen (secondary N) is 2. The predicted octanol–water partition coefficient (Wildman–Crippen LogP) is 1.13. The molecule has 9 heteroatoms. The van der Waals surface area contributed by atoms with Crippen LogP contribution in [0.5, 0.6) is 5.75 Å². The molecule has 2 amide bonds. The van der Waals surface area contributed by atoms with Crippen molar-refractivity contribution in [1.82, 2.24) is 5.32 Å². The van der Waals surface area contributed by atoms with Crippen molar-refractivity contribution >= 4 is 36.0 Å². The molecule has 0 aromatic heterocycles. The fourth-order valence-electron chi connectivity index (χ4n) is 2.06. The third kappa shape index (κ3) is 8.00. The first-order valence-electron chi connectivity index (χ1n) is 8.34. The van der Waals surface area contributed by atoms with E-state index in [0.717, 1.165) is 6.07 Å². The Labute approximate surface area is 166 Å². The van der Waals surface area contributed by atoms with Gasteiger partial charge in [-0.05, 0) is 32.9 Å². The molecule has 0 radical (unpaired) electrons. The Bertz CT molecular complexity index is 872. The Morgan fingerprint density at radius 3 is 2.00 bits per heavy atom. The van der Waals surface area contributed by atoms with E-state index in [4.69, 9.17) is 8.19 Å². The third-order valence-corrected chi connectivity index (χ3v) is 5.24. The van der Waals surface area contributed by atoms with Gasteiger partial charge < -0.3 is 5.32 Å². The SMILES string of the molecule is CC(=O)Nc1cccc([As](=O)(O)O)c1O.CC(C)(C)NC(=O)c1ccccc1. The van der Waals surface area contributed by atoms with Gasteiger partial charge in [0.2, 0.25) is 0 Å². The third-order valence-electron chi connectivity index (χ3n) is 3.16. The van der Waals surface area contributed by atoms with Crippen LogP contribution < -0.4 is 15.0 Å². The molecule has 5 N–H and O–H groups in total. The average molecular weight is 452 g/mol. The number of hydrogen-bond donors (Lipinski definition) is 5. The fourth-order valence-corrected chi connectivity index (χ4v) is 3.48. The molecular formula is C19H25AsN2O6. The summed E-state index contributed by atoms with van der Waals surface area (Å²) in [5.74, 6) is -1.03. The summed E-state index contributed by atoms with van der Waals surface area (Å²) in [6, 6.07) is 13.1. The van der Waals surface area contributed by atoms with Crippen molar-refractivity contribution in [2.75, 3.05) is 5.32 Å². The van der Waals surface area contributed by atoms with Gasteiger partial charge in [0.05, 0.1) is 0 Å². The number of para-hydroxylation sites is 1. The summed E-state index contributed by atoms with van der Waals surface area (Å²) in [5.41, 5.74) is 0.523. The van der Waals surface area contributed by atoms with E-state index in [2.05, 4.69) is 10.6 Å². The van der Waals surface area contributed by atoms with Gasteiger partial charge in [-0.2, -0.15) is 0 Å². The van der Waals surface area contributed by atoms with Crippen molar-refractivity contribution in [3.05, 3.63) is 54.1 Å². The quantitative estimate of drug-likeness (QED) is 0.350. The van der Waals surface area contributed by atoms with Crippen LogP contribution >= 0.6 is 0 Å². The molecule has 28 heavy (non-hydrogen) atoms. The molecule has 0 spiro atoms. The summed E-state index contributed by atoms with van der Waals surface area (Å²) >= 11 is -5.15. The molecule has 2 aromatic carbocycles. The van der Waals surface area contributed by atoms with Crippen LogP contribution in [0.3, 0.4) is 0 Å². The molecule has 0 atom stereocenters. The normalized spacial score (nSPS) is 11.1. The maximum absolute atomic E-state index is 11.5. The Kier molecular flexibility index (Phi) is 8.05. The van der Waals surface area contributed by atoms with Crippen LogP contribution in [-0.4, -0.2) is 44.8 Å². The Morgan fingerprint density at radius 1 is 0.964 bits per heavy atom. The smallest absolute Gasteiger partial charge is 0.251 e. The largest absolute Gasteiger partial charge is 0.347 e. The van der Waals surface area contributed by atoms with Crippen molar-refractivity contribution in [2.45, 2.75) is 33.2 Å². The molecule has 0 aliphatic heterocycles. The second-order valence-corrected chi connectivity index (χ2v) is 10.3. The van der Waals surface area contributed by atoms with E-state index in [1.165, 1.54) is 19.1 Å². The van der Waals surface area contributed by atoms with Crippen molar-refractivity contribution in [3.8, 4) is 5.75 Å². The monoisotopic (exact) mass is 452 g/mol. The summed E-state index contributed by atoms with van der Waals surface area (Å²) in [6.45, 7) is 7.13. The van der Waals surface area contributed by atoms with Crippen molar-refractivity contribution in [3.63, 3.8) is 0 Å². The molecule has 0 heterocycles. The van der Waals surface area contributed by atoms with Gasteiger partial charge >= 0.3 is 88.1 Å². The van der Waals surface area contributed by atoms with E-state index < -0.39 is 30.2 Å². The Morgan fingerprint density at radius 2 is 1.54 bits per heavy atom. The van der Waals surface area contributed by atoms with Gasteiger partial charge in [0.15, 0.2) is 0 Å². The summed E-state index contributed by atoms with van der Waals surface area (Å²) < 4.78 is 28.4. The Balaban J connectivity index is 0.000000283. The van der Waals surface area contributed by atoms with Crippen LogP contribution in [0.1, 0.15) is 38.1 Å². The van der Waals surface area contributed by atoms with E-state index in [0.29, 0.717) is 5.56 Å². The van der Waals surface area contributed by atoms with Crippen molar-refractivity contribution in [2.24, 2.45) is 0 Å². The zero-order chi connectivity index (χ0) is 21.5. The first-order valence-corrected chi connectivity index (χ1v) is 11.7. The van der Waals surface area contributed by atoms with E-state index >= 15 is 0 Å². The zero-order valence-electron chi connectivity index (χ0n) is 16.1. The van der Waals surface area contributed by atoms with Gasteiger partial charge in [-0.25, -0.2) is 0 Å². The van der Waals surface area contributed by atoms with Crippen molar-refractivity contribution < 1.29 is 26.6 Å². The van der Waals surface area contributed by atoms with Crippen LogP contribution in [0, 0.1) is 0 Å². The molecule has 2 aromatic rings. The number of anilines is 1. The molecular weight excluding hydrogens is 427 g/mol. The van der Waals surface area contributed by atoms with Gasteiger partial charge in [0.1, 0.15) is 0 Å². The van der Waals surface area contributed by atoms with Crippen LogP contribution in [0.25, 0.3) is 0 Å². The molecule has 2 rings (SSSR count). The molecule has 0 aliphatic rings. The molecule has 152 valence electrons. The molecule has 8 nitrogen and oxygen atoms in total. The molecule has 0 saturated carbocycles. The topological polar surface area (TPSA) is 136 Å². The van der Waals surface area contributed by atoms with Gasteiger partial charge in [0.25, 0.3) is 5.91 Å². The molecule has 0 unspecified atom stereocenters. The first-order chi connectivity index (χ1) is 12.8. The number of amides is 2. The summed E-state index contributed by atoms with van der Waals surface area (Å²) in [5, 5.41) is 14.6. The summed E-state index contributed by atoms with van der Waals surface area (Å²) in [7, 11) is 0. The number of carbonyl (C=O) groups is 2. The number of rotatable bonds is 3. The van der Waals surface area contributed by atoms with Gasteiger partial charge in [-0.3, -0.25) is 4.79 Å². The summed E-state index contributed by atoms with van der Waals surface area (Å²) in [4.78, 5) is 22.3. The van der Waals surface area contributed by atoms with Crippen molar-refractivity contribution in [1.29, 1.82) is 0 Å². The van der Waals surface area contributed by atoms with Crippen LogP contribution in [0.15, 0.2) is 48.5 Å². The minimum atomic E-state index is -5.15. The number of aromatic hydroxyl groups is 1. The summed E-state index contributed by atoms with van der Waals surface area (Å²) in [6.07, 6.45) is 0. The van der Waals surface area contributed by atoms with Gasteiger partial charge in [-0.1, -0.05) is 18.2 Å². The Hall–Kier alpha value is -2.54. The molecule has 0 saturated heterocycles.